The molecule has 0 N–H and O–H groups in total. The minimum atomic E-state index is -1.23. The van der Waals surface area contributed by atoms with Gasteiger partial charge in [-0.15, -0.1) is 0 Å². The maximum absolute atomic E-state index is 10.8. The Morgan fingerprint density at radius 2 is 1.50 bits per heavy atom. The van der Waals surface area contributed by atoms with Crippen molar-refractivity contribution in [3.8, 4) is 0 Å². The van der Waals surface area contributed by atoms with Crippen LogP contribution in [0.5, 0.6) is 0 Å². The van der Waals surface area contributed by atoms with Gasteiger partial charge in [-0.2, -0.15) is 0 Å². The minimum Gasteiger partial charge on any atom is -0.549 e. The first-order valence-corrected chi connectivity index (χ1v) is 9.00. The third kappa shape index (κ3) is 17.6. The molecule has 5 nitrogen and oxygen atoms in total. The van der Waals surface area contributed by atoms with E-state index in [-0.39, 0.29) is 21.7 Å². The molecule has 22 heavy (non-hydrogen) atoms. The molecule has 0 amide bonds. The van der Waals surface area contributed by atoms with Crippen molar-refractivity contribution >= 4 is 27.6 Å². The molecule has 128 valence electrons. The van der Waals surface area contributed by atoms with Crippen LogP contribution in [0.3, 0.4) is 0 Å². The van der Waals surface area contributed by atoms with E-state index in [9.17, 15) is 14.7 Å². The van der Waals surface area contributed by atoms with E-state index in [1.165, 1.54) is 6.92 Å². The zero-order chi connectivity index (χ0) is 17.5. The van der Waals surface area contributed by atoms with Gasteiger partial charge in [0.05, 0.1) is 11.9 Å². The van der Waals surface area contributed by atoms with Crippen LogP contribution < -0.4 is 5.11 Å². The van der Waals surface area contributed by atoms with Gasteiger partial charge in [-0.05, 0) is 13.3 Å². The van der Waals surface area contributed by atoms with Gasteiger partial charge < -0.3 is 9.90 Å². The zero-order valence-corrected chi connectivity index (χ0v) is 16.0. The van der Waals surface area contributed by atoms with Gasteiger partial charge >= 0.3 is 63.4 Å². The topological polar surface area (TPSA) is 75.7 Å². The number of carbonyl (C=O) groups excluding carboxylic acids is 2. The average Bonchev–Trinajstić information content (AvgIpc) is 2.37. The third-order valence-corrected chi connectivity index (χ3v) is 4.09. The Balaban J connectivity index is 0. The maximum Gasteiger partial charge on any atom is 0.138 e. The quantitative estimate of drug-likeness (QED) is 0.330. The maximum atomic E-state index is 10.8. The molecule has 0 rings (SSSR count). The molecule has 0 radical (unpaired) electrons. The van der Waals surface area contributed by atoms with Crippen molar-refractivity contribution in [2.75, 3.05) is 0 Å². The standard InChI is InChI=1S/C10H18O3.2C3H7O.Al/c1-3-4-5-6-7-9(8(2)11)10(12)13;2*1-3(2)4;/h9H,3-7H2,1-2H3,(H,12,13);2*3H,1-2H3;/q;2*-1;+3/p-1. The fourth-order valence-corrected chi connectivity index (χ4v) is 2.03. The van der Waals surface area contributed by atoms with Crippen molar-refractivity contribution in [1.29, 1.82) is 0 Å². The largest absolute Gasteiger partial charge is 0.549 e. The molecule has 0 aromatic carbocycles. The zero-order valence-electron chi connectivity index (χ0n) is 14.9. The summed E-state index contributed by atoms with van der Waals surface area (Å²) in [5.41, 5.74) is 0. The van der Waals surface area contributed by atoms with Crippen molar-refractivity contribution in [3.63, 3.8) is 0 Å². The van der Waals surface area contributed by atoms with Crippen LogP contribution in [-0.4, -0.2) is 39.8 Å². The molecule has 6 heteroatoms. The van der Waals surface area contributed by atoms with Crippen LogP contribution >= 0.6 is 0 Å². The Hall–Kier alpha value is -0.408. The van der Waals surface area contributed by atoms with Gasteiger partial charge in [-0.25, -0.2) is 0 Å². The van der Waals surface area contributed by atoms with E-state index in [4.69, 9.17) is 7.58 Å². The number of carboxylic acid groups (broad SMARTS) is 1. The van der Waals surface area contributed by atoms with Gasteiger partial charge in [0.2, 0.25) is 0 Å². The predicted molar refractivity (Wildman–Crippen MR) is 86.1 cm³/mol. The summed E-state index contributed by atoms with van der Waals surface area (Å²) in [5.74, 6) is -2.42. The Kier molecular flexibility index (Phi) is 16.8. The van der Waals surface area contributed by atoms with Gasteiger partial charge in [-0.3, -0.25) is 4.79 Å². The molecule has 0 saturated heterocycles. The van der Waals surface area contributed by atoms with Crippen LogP contribution in [0.15, 0.2) is 0 Å². The molecule has 0 saturated carbocycles. The van der Waals surface area contributed by atoms with E-state index >= 15 is 0 Å². The SMILES string of the molecule is CC(C)[O][Al+][O]C(C)C.CCCCCCC(C(C)=O)C(=O)[O-]. The molecule has 0 aliphatic heterocycles. The van der Waals surface area contributed by atoms with Crippen LogP contribution in [0.2, 0.25) is 0 Å². The van der Waals surface area contributed by atoms with Crippen LogP contribution in [0.1, 0.15) is 73.6 Å². The smallest absolute Gasteiger partial charge is 0.138 e. The summed E-state index contributed by atoms with van der Waals surface area (Å²) in [4.78, 5) is 21.3. The van der Waals surface area contributed by atoms with Crippen LogP contribution in [0.25, 0.3) is 0 Å². The number of carboxylic acids is 1. The van der Waals surface area contributed by atoms with Gasteiger partial charge in [0.25, 0.3) is 0 Å². The van der Waals surface area contributed by atoms with Gasteiger partial charge in [0.1, 0.15) is 5.78 Å². The van der Waals surface area contributed by atoms with Crippen molar-refractivity contribution < 1.29 is 22.3 Å². The van der Waals surface area contributed by atoms with Crippen LogP contribution in [-0.2, 0) is 17.2 Å². The van der Waals surface area contributed by atoms with Gasteiger partial charge in [0, 0.05) is 0 Å². The number of rotatable bonds is 11. The molecule has 0 aliphatic rings. The van der Waals surface area contributed by atoms with E-state index in [0.29, 0.717) is 18.6 Å². The predicted octanol–water partition coefficient (Wildman–Crippen LogP) is 2.28. The third-order valence-electron chi connectivity index (χ3n) is 2.78. The molecule has 0 bridgehead atoms. The monoisotopic (exact) mass is 330 g/mol. The summed E-state index contributed by atoms with van der Waals surface area (Å²) < 4.78 is 10.4. The van der Waals surface area contributed by atoms with Gasteiger partial charge in [-0.1, -0.05) is 32.6 Å². The van der Waals surface area contributed by atoms with Gasteiger partial charge in [0.15, 0.2) is 0 Å². The van der Waals surface area contributed by atoms with E-state index < -0.39 is 11.9 Å². The van der Waals surface area contributed by atoms with Crippen molar-refractivity contribution in [1.82, 2.24) is 0 Å². The van der Waals surface area contributed by atoms with Crippen molar-refractivity contribution in [2.24, 2.45) is 5.92 Å². The molecule has 1 atom stereocenters. The Labute approximate surface area is 142 Å². The first kappa shape index (κ1) is 23.9. The Bertz CT molecular complexity index is 270. The number of hydrogen-bond donors (Lipinski definition) is 0. The summed E-state index contributed by atoms with van der Waals surface area (Å²) in [6.07, 6.45) is 5.03. The van der Waals surface area contributed by atoms with E-state index in [2.05, 4.69) is 6.92 Å². The number of carbonyl (C=O) groups is 2. The number of hydrogen-bond acceptors (Lipinski definition) is 5. The fraction of sp³-hybridized carbons (Fsp3) is 0.875. The number of Topliss-reactive ketones (excluding diaryl/α,β-unsaturated/α-hetero) is 1. The fourth-order valence-electron chi connectivity index (χ4n) is 1.52. The van der Waals surface area contributed by atoms with Crippen molar-refractivity contribution in [2.45, 2.75) is 85.9 Å². The van der Waals surface area contributed by atoms with E-state index in [0.717, 1.165) is 25.7 Å². The molecular formula is C16H31AlO5. The molecule has 0 fully saturated rings. The molecule has 0 spiro atoms. The Morgan fingerprint density at radius 3 is 1.82 bits per heavy atom. The molecule has 0 aromatic rings. The summed E-state index contributed by atoms with van der Waals surface area (Å²) in [6.45, 7) is 11.4. The molecule has 0 aromatic heterocycles. The van der Waals surface area contributed by atoms with Crippen molar-refractivity contribution in [3.05, 3.63) is 0 Å². The average molecular weight is 330 g/mol. The van der Waals surface area contributed by atoms with E-state index in [1.807, 2.05) is 27.7 Å². The first-order valence-electron chi connectivity index (χ1n) is 8.06. The van der Waals surface area contributed by atoms with Crippen LogP contribution in [0, 0.1) is 5.92 Å². The molecule has 1 unspecified atom stereocenters. The first-order chi connectivity index (χ1) is 10.2. The van der Waals surface area contributed by atoms with E-state index in [1.54, 1.807) is 0 Å². The number of ketones is 1. The summed E-state index contributed by atoms with van der Waals surface area (Å²) in [5, 5.41) is 10.5. The summed E-state index contributed by atoms with van der Waals surface area (Å²) in [7, 11) is 0. The second-order valence-electron chi connectivity index (χ2n) is 5.80. The summed E-state index contributed by atoms with van der Waals surface area (Å²) in [6, 6.07) is 0. The number of aliphatic carboxylic acids is 1. The minimum absolute atomic E-state index is 0.245. The molecule has 0 heterocycles. The summed E-state index contributed by atoms with van der Waals surface area (Å²) >= 11 is -0.245. The molecular weight excluding hydrogens is 299 g/mol. The number of unbranched alkanes of at least 4 members (excludes halogenated alkanes) is 3. The molecule has 0 aliphatic carbocycles. The second kappa shape index (κ2) is 15.5. The Morgan fingerprint density at radius 1 is 1.00 bits per heavy atom. The van der Waals surface area contributed by atoms with Crippen LogP contribution in [0.4, 0.5) is 0 Å². The normalized spacial score (nSPS) is 11.6. The second-order valence-corrected chi connectivity index (χ2v) is 6.53.